The van der Waals surface area contributed by atoms with Crippen molar-refractivity contribution in [3.63, 3.8) is 0 Å². The predicted molar refractivity (Wildman–Crippen MR) is 105 cm³/mol. The molecule has 0 aliphatic rings. The van der Waals surface area contributed by atoms with Crippen LogP contribution in [0.5, 0.6) is 0 Å². The highest BCUT2D eigenvalue weighted by Crippen LogP contribution is 2.27. The van der Waals surface area contributed by atoms with Crippen molar-refractivity contribution in [2.75, 3.05) is 0 Å². The van der Waals surface area contributed by atoms with Gasteiger partial charge in [0.25, 0.3) is 5.91 Å². The number of hydrogen-bond donors (Lipinski definition) is 1. The Kier molecular flexibility index (Phi) is 4.65. The van der Waals surface area contributed by atoms with E-state index < -0.39 is 0 Å². The first-order valence-electron chi connectivity index (χ1n) is 8.02. The molecular formula is C20H14ClN3OS. The number of rotatable bonds is 4. The normalized spacial score (nSPS) is 12.0. The first-order chi connectivity index (χ1) is 12.7. The van der Waals surface area contributed by atoms with E-state index in [1.165, 1.54) is 6.20 Å². The Bertz CT molecular complexity index is 1050. The number of fused-ring (bicyclic) bond motifs is 1. The fourth-order valence-corrected chi connectivity index (χ4v) is 3.63. The molecule has 2 aromatic heterocycles. The third-order valence-electron chi connectivity index (χ3n) is 3.99. The average Bonchev–Trinajstić information content (AvgIpc) is 3.21. The number of para-hydroxylation sites is 2. The Morgan fingerprint density at radius 1 is 1.00 bits per heavy atom. The van der Waals surface area contributed by atoms with Gasteiger partial charge in [-0.05, 0) is 41.3 Å². The highest BCUT2D eigenvalue weighted by Gasteiger charge is 2.20. The van der Waals surface area contributed by atoms with Crippen LogP contribution in [0.4, 0.5) is 0 Å². The summed E-state index contributed by atoms with van der Waals surface area (Å²) < 4.78 is 0. The zero-order valence-corrected chi connectivity index (χ0v) is 15.2. The third kappa shape index (κ3) is 3.45. The Morgan fingerprint density at radius 3 is 2.50 bits per heavy atom. The zero-order valence-electron chi connectivity index (χ0n) is 13.6. The van der Waals surface area contributed by atoms with Crippen molar-refractivity contribution in [1.29, 1.82) is 0 Å². The van der Waals surface area contributed by atoms with Crippen LogP contribution in [0.15, 0.2) is 72.2 Å². The van der Waals surface area contributed by atoms with Crippen molar-refractivity contribution >= 4 is 39.9 Å². The van der Waals surface area contributed by atoms with E-state index in [9.17, 15) is 4.79 Å². The highest BCUT2D eigenvalue weighted by molar-refractivity contribution is 7.10. The number of nitrogens with zero attached hydrogens (tertiary/aromatic N) is 2. The summed E-state index contributed by atoms with van der Waals surface area (Å²) in [6.07, 6.45) is 1.50. The second-order valence-electron chi connectivity index (χ2n) is 5.72. The van der Waals surface area contributed by atoms with Crippen LogP contribution in [0.25, 0.3) is 11.0 Å². The zero-order chi connectivity index (χ0) is 17.9. The van der Waals surface area contributed by atoms with E-state index in [1.54, 1.807) is 11.3 Å². The summed E-state index contributed by atoms with van der Waals surface area (Å²) >= 11 is 7.58. The highest BCUT2D eigenvalue weighted by atomic mass is 35.5. The Balaban J connectivity index is 1.66. The molecule has 128 valence electrons. The molecule has 1 unspecified atom stereocenters. The summed E-state index contributed by atoms with van der Waals surface area (Å²) in [5.41, 5.74) is 2.70. The van der Waals surface area contributed by atoms with Crippen LogP contribution in [-0.2, 0) is 0 Å². The molecule has 0 fully saturated rings. The smallest absolute Gasteiger partial charge is 0.272 e. The minimum Gasteiger partial charge on any atom is -0.339 e. The minimum atomic E-state index is -0.270. The molecule has 2 aromatic carbocycles. The second-order valence-corrected chi connectivity index (χ2v) is 7.13. The van der Waals surface area contributed by atoms with E-state index in [1.807, 2.05) is 66.0 Å². The van der Waals surface area contributed by atoms with Gasteiger partial charge in [0.15, 0.2) is 0 Å². The van der Waals surface area contributed by atoms with Crippen molar-refractivity contribution in [2.45, 2.75) is 6.04 Å². The van der Waals surface area contributed by atoms with Crippen LogP contribution in [0, 0.1) is 0 Å². The van der Waals surface area contributed by atoms with E-state index in [2.05, 4.69) is 15.3 Å². The van der Waals surface area contributed by atoms with E-state index in [0.717, 1.165) is 16.0 Å². The van der Waals surface area contributed by atoms with Crippen LogP contribution in [0.1, 0.15) is 27.0 Å². The molecule has 1 amide bonds. The third-order valence-corrected chi connectivity index (χ3v) is 5.18. The van der Waals surface area contributed by atoms with Gasteiger partial charge in [0.2, 0.25) is 0 Å². The molecule has 0 spiro atoms. The largest absolute Gasteiger partial charge is 0.339 e. The van der Waals surface area contributed by atoms with Gasteiger partial charge in [-0.1, -0.05) is 41.9 Å². The quantitative estimate of drug-likeness (QED) is 0.550. The van der Waals surface area contributed by atoms with Gasteiger partial charge in [0.05, 0.1) is 23.3 Å². The van der Waals surface area contributed by atoms with Crippen molar-refractivity contribution < 1.29 is 4.79 Å². The standard InChI is InChI=1S/C20H14ClN3OS/c21-14-9-7-13(8-10-14)19(18-6-3-11-26-18)24-20(25)17-12-22-15-4-1-2-5-16(15)23-17/h1-12,19H,(H,24,25). The molecule has 0 aliphatic carbocycles. The van der Waals surface area contributed by atoms with Gasteiger partial charge >= 0.3 is 0 Å². The van der Waals surface area contributed by atoms with E-state index in [-0.39, 0.29) is 11.9 Å². The topological polar surface area (TPSA) is 54.9 Å². The number of hydrogen-bond acceptors (Lipinski definition) is 4. The van der Waals surface area contributed by atoms with Crippen molar-refractivity contribution in [3.8, 4) is 0 Å². The predicted octanol–water partition coefficient (Wildman–Crippen LogP) is 4.86. The van der Waals surface area contributed by atoms with Gasteiger partial charge in [0.1, 0.15) is 5.69 Å². The lowest BCUT2D eigenvalue weighted by molar-refractivity contribution is 0.0938. The van der Waals surface area contributed by atoms with Gasteiger partial charge in [0, 0.05) is 9.90 Å². The number of amides is 1. The molecule has 6 heteroatoms. The first-order valence-corrected chi connectivity index (χ1v) is 9.28. The lowest BCUT2D eigenvalue weighted by Gasteiger charge is -2.18. The van der Waals surface area contributed by atoms with Crippen LogP contribution in [-0.4, -0.2) is 15.9 Å². The Labute approximate surface area is 159 Å². The fourth-order valence-electron chi connectivity index (χ4n) is 2.70. The van der Waals surface area contributed by atoms with E-state index in [4.69, 9.17) is 11.6 Å². The summed E-state index contributed by atoms with van der Waals surface area (Å²) in [6, 6.07) is 18.6. The van der Waals surface area contributed by atoms with E-state index in [0.29, 0.717) is 16.2 Å². The maximum Gasteiger partial charge on any atom is 0.272 e. The number of aromatic nitrogens is 2. The molecule has 26 heavy (non-hydrogen) atoms. The summed E-state index contributed by atoms with van der Waals surface area (Å²) in [6.45, 7) is 0. The van der Waals surface area contributed by atoms with Gasteiger partial charge in [-0.3, -0.25) is 9.78 Å². The maximum atomic E-state index is 12.8. The molecular weight excluding hydrogens is 366 g/mol. The molecule has 1 N–H and O–H groups in total. The van der Waals surface area contributed by atoms with Gasteiger partial charge < -0.3 is 5.32 Å². The molecule has 0 bridgehead atoms. The number of benzene rings is 2. The van der Waals surface area contributed by atoms with Gasteiger partial charge in [-0.15, -0.1) is 11.3 Å². The van der Waals surface area contributed by atoms with Crippen LogP contribution in [0.3, 0.4) is 0 Å². The summed E-state index contributed by atoms with van der Waals surface area (Å²) in [5.74, 6) is -0.267. The summed E-state index contributed by atoms with van der Waals surface area (Å²) in [7, 11) is 0. The second kappa shape index (κ2) is 7.23. The fraction of sp³-hybridized carbons (Fsp3) is 0.0500. The molecule has 0 aliphatic heterocycles. The van der Waals surface area contributed by atoms with Crippen LogP contribution in [0.2, 0.25) is 5.02 Å². The number of thiophene rings is 1. The molecule has 0 radical (unpaired) electrons. The van der Waals surface area contributed by atoms with Crippen molar-refractivity contribution in [2.24, 2.45) is 0 Å². The van der Waals surface area contributed by atoms with Crippen LogP contribution < -0.4 is 5.32 Å². The van der Waals surface area contributed by atoms with Crippen molar-refractivity contribution in [1.82, 2.24) is 15.3 Å². The number of carbonyl (C=O) groups is 1. The van der Waals surface area contributed by atoms with E-state index >= 15 is 0 Å². The number of halogens is 1. The molecule has 0 saturated heterocycles. The number of carbonyl (C=O) groups excluding carboxylic acids is 1. The average molecular weight is 380 g/mol. The van der Waals surface area contributed by atoms with Crippen molar-refractivity contribution in [3.05, 3.63) is 93.4 Å². The SMILES string of the molecule is O=C(NC(c1ccc(Cl)cc1)c1cccs1)c1cnc2ccccc2n1. The summed E-state index contributed by atoms with van der Waals surface area (Å²) in [5, 5.41) is 5.71. The minimum absolute atomic E-state index is 0.267. The Hall–Kier alpha value is -2.76. The summed E-state index contributed by atoms with van der Waals surface area (Å²) in [4.78, 5) is 22.6. The van der Waals surface area contributed by atoms with Crippen LogP contribution >= 0.6 is 22.9 Å². The van der Waals surface area contributed by atoms with Gasteiger partial charge in [-0.2, -0.15) is 0 Å². The number of nitrogens with one attached hydrogen (secondary N) is 1. The molecule has 1 atom stereocenters. The Morgan fingerprint density at radius 2 is 1.77 bits per heavy atom. The molecule has 0 saturated carbocycles. The molecule has 4 aromatic rings. The molecule has 4 nitrogen and oxygen atoms in total. The molecule has 2 heterocycles. The monoisotopic (exact) mass is 379 g/mol. The maximum absolute atomic E-state index is 12.8. The van der Waals surface area contributed by atoms with Gasteiger partial charge in [-0.25, -0.2) is 4.98 Å². The lowest BCUT2D eigenvalue weighted by Crippen LogP contribution is -2.29. The first kappa shape index (κ1) is 16.7. The lowest BCUT2D eigenvalue weighted by atomic mass is 10.1. The molecule has 4 rings (SSSR count).